The number of carbonyl (C=O) groups excluding carboxylic acids is 2. The van der Waals surface area contributed by atoms with Gasteiger partial charge in [0.1, 0.15) is 0 Å². The molecular formula is C14H11F3O2. The SMILES string of the molecule is O=C(C=CC(=O)C1CC1)c1ccccc1C(F)(F)F. The van der Waals surface area contributed by atoms with Crippen LogP contribution >= 0.6 is 0 Å². The summed E-state index contributed by atoms with van der Waals surface area (Å²) in [6.07, 6.45) is -1.01. The summed E-state index contributed by atoms with van der Waals surface area (Å²) >= 11 is 0. The highest BCUT2D eigenvalue weighted by molar-refractivity contribution is 6.09. The van der Waals surface area contributed by atoms with Crippen molar-refractivity contribution in [3.8, 4) is 0 Å². The van der Waals surface area contributed by atoms with E-state index in [0.717, 1.165) is 37.1 Å². The number of ketones is 2. The highest BCUT2D eigenvalue weighted by atomic mass is 19.4. The highest BCUT2D eigenvalue weighted by Crippen LogP contribution is 2.32. The van der Waals surface area contributed by atoms with Crippen LogP contribution < -0.4 is 0 Å². The van der Waals surface area contributed by atoms with Gasteiger partial charge in [0, 0.05) is 11.5 Å². The molecule has 0 spiro atoms. The number of rotatable bonds is 4. The lowest BCUT2D eigenvalue weighted by atomic mass is 10.0. The molecule has 0 heterocycles. The Labute approximate surface area is 107 Å². The molecular weight excluding hydrogens is 257 g/mol. The van der Waals surface area contributed by atoms with Gasteiger partial charge >= 0.3 is 6.18 Å². The normalized spacial score (nSPS) is 15.7. The number of hydrogen-bond donors (Lipinski definition) is 0. The van der Waals surface area contributed by atoms with Gasteiger partial charge in [-0.1, -0.05) is 18.2 Å². The van der Waals surface area contributed by atoms with E-state index in [1.165, 1.54) is 12.1 Å². The van der Waals surface area contributed by atoms with Crippen molar-refractivity contribution in [2.75, 3.05) is 0 Å². The van der Waals surface area contributed by atoms with E-state index in [4.69, 9.17) is 0 Å². The van der Waals surface area contributed by atoms with Gasteiger partial charge in [-0.05, 0) is 31.1 Å². The summed E-state index contributed by atoms with van der Waals surface area (Å²) in [5.74, 6) is -1.05. The quantitative estimate of drug-likeness (QED) is 0.619. The lowest BCUT2D eigenvalue weighted by molar-refractivity contribution is -0.137. The molecule has 1 aromatic carbocycles. The Bertz CT molecular complexity index is 540. The fourth-order valence-electron chi connectivity index (χ4n) is 1.70. The topological polar surface area (TPSA) is 34.1 Å². The number of allylic oxidation sites excluding steroid dienone is 2. The number of benzene rings is 1. The first-order valence-corrected chi connectivity index (χ1v) is 5.82. The van der Waals surface area contributed by atoms with Gasteiger partial charge in [0.2, 0.25) is 0 Å². The van der Waals surface area contributed by atoms with Crippen LogP contribution in [0.15, 0.2) is 36.4 Å². The van der Waals surface area contributed by atoms with E-state index in [9.17, 15) is 22.8 Å². The fraction of sp³-hybridized carbons (Fsp3) is 0.286. The van der Waals surface area contributed by atoms with Crippen molar-refractivity contribution in [3.05, 3.63) is 47.5 Å². The largest absolute Gasteiger partial charge is 0.417 e. The van der Waals surface area contributed by atoms with Gasteiger partial charge in [-0.2, -0.15) is 13.2 Å². The molecule has 1 aromatic rings. The predicted molar refractivity (Wildman–Crippen MR) is 62.6 cm³/mol. The summed E-state index contributed by atoms with van der Waals surface area (Å²) in [6.45, 7) is 0. The summed E-state index contributed by atoms with van der Waals surface area (Å²) in [6, 6.07) is 4.54. The number of hydrogen-bond acceptors (Lipinski definition) is 2. The van der Waals surface area contributed by atoms with Gasteiger partial charge in [-0.3, -0.25) is 9.59 Å². The van der Waals surface area contributed by atoms with Crippen LogP contribution in [-0.2, 0) is 11.0 Å². The minimum absolute atomic E-state index is 0.0538. The highest BCUT2D eigenvalue weighted by Gasteiger charge is 2.34. The summed E-state index contributed by atoms with van der Waals surface area (Å²) < 4.78 is 38.1. The van der Waals surface area contributed by atoms with Crippen molar-refractivity contribution in [2.24, 2.45) is 5.92 Å². The van der Waals surface area contributed by atoms with Crippen LogP contribution in [0.1, 0.15) is 28.8 Å². The Morgan fingerprint density at radius 1 is 1.11 bits per heavy atom. The van der Waals surface area contributed by atoms with Gasteiger partial charge in [0.05, 0.1) is 5.56 Å². The van der Waals surface area contributed by atoms with Crippen LogP contribution in [0, 0.1) is 5.92 Å². The molecule has 0 unspecified atom stereocenters. The zero-order chi connectivity index (χ0) is 14.0. The molecule has 0 saturated heterocycles. The fourth-order valence-corrected chi connectivity index (χ4v) is 1.70. The maximum absolute atomic E-state index is 12.7. The number of carbonyl (C=O) groups is 2. The van der Waals surface area contributed by atoms with Crippen LogP contribution in [0.2, 0.25) is 0 Å². The minimum atomic E-state index is -4.58. The Balaban J connectivity index is 2.21. The van der Waals surface area contributed by atoms with Crippen molar-refractivity contribution >= 4 is 11.6 Å². The monoisotopic (exact) mass is 268 g/mol. The third kappa shape index (κ3) is 3.30. The van der Waals surface area contributed by atoms with E-state index in [-0.39, 0.29) is 11.7 Å². The summed E-state index contributed by atoms with van der Waals surface area (Å²) in [5, 5.41) is 0. The van der Waals surface area contributed by atoms with E-state index < -0.39 is 23.1 Å². The summed E-state index contributed by atoms with van der Waals surface area (Å²) in [5.41, 5.74) is -1.42. The van der Waals surface area contributed by atoms with Crippen LogP contribution in [0.3, 0.4) is 0 Å². The van der Waals surface area contributed by atoms with E-state index in [0.29, 0.717) is 0 Å². The molecule has 0 aromatic heterocycles. The van der Waals surface area contributed by atoms with Crippen molar-refractivity contribution in [3.63, 3.8) is 0 Å². The van der Waals surface area contributed by atoms with Crippen LogP contribution in [0.4, 0.5) is 13.2 Å². The molecule has 0 amide bonds. The second-order valence-corrected chi connectivity index (χ2v) is 4.42. The minimum Gasteiger partial charge on any atom is -0.295 e. The van der Waals surface area contributed by atoms with Gasteiger partial charge in [0.25, 0.3) is 0 Å². The van der Waals surface area contributed by atoms with Gasteiger partial charge in [-0.15, -0.1) is 0 Å². The summed E-state index contributed by atoms with van der Waals surface area (Å²) in [7, 11) is 0. The Hall–Kier alpha value is -1.91. The standard InChI is InChI=1S/C14H11F3O2/c15-14(16,17)11-4-2-1-3-10(11)13(19)8-7-12(18)9-5-6-9/h1-4,7-9H,5-6H2. The van der Waals surface area contributed by atoms with E-state index in [2.05, 4.69) is 0 Å². The molecule has 0 radical (unpaired) electrons. The molecule has 1 aliphatic carbocycles. The summed E-state index contributed by atoms with van der Waals surface area (Å²) in [4.78, 5) is 23.1. The average Bonchev–Trinajstić information content (AvgIpc) is 3.18. The first kappa shape index (κ1) is 13.5. The lowest BCUT2D eigenvalue weighted by Gasteiger charge is -2.10. The van der Waals surface area contributed by atoms with E-state index >= 15 is 0 Å². The molecule has 1 saturated carbocycles. The molecule has 1 fully saturated rings. The third-order valence-electron chi connectivity index (χ3n) is 2.88. The molecule has 19 heavy (non-hydrogen) atoms. The average molecular weight is 268 g/mol. The van der Waals surface area contributed by atoms with Crippen molar-refractivity contribution in [1.29, 1.82) is 0 Å². The Morgan fingerprint density at radius 3 is 2.32 bits per heavy atom. The number of alkyl halides is 3. The maximum Gasteiger partial charge on any atom is 0.417 e. The zero-order valence-electron chi connectivity index (χ0n) is 9.91. The second kappa shape index (κ2) is 4.99. The third-order valence-corrected chi connectivity index (χ3v) is 2.88. The molecule has 2 nitrogen and oxygen atoms in total. The smallest absolute Gasteiger partial charge is 0.295 e. The van der Waals surface area contributed by atoms with Crippen LogP contribution in [0.5, 0.6) is 0 Å². The van der Waals surface area contributed by atoms with Crippen LogP contribution in [0.25, 0.3) is 0 Å². The second-order valence-electron chi connectivity index (χ2n) is 4.42. The van der Waals surface area contributed by atoms with Gasteiger partial charge in [0.15, 0.2) is 11.6 Å². The molecule has 5 heteroatoms. The van der Waals surface area contributed by atoms with Gasteiger partial charge in [-0.25, -0.2) is 0 Å². The Kier molecular flexibility index (Phi) is 3.55. The molecule has 0 aliphatic heterocycles. The predicted octanol–water partition coefficient (Wildman–Crippen LogP) is 3.42. The molecule has 100 valence electrons. The van der Waals surface area contributed by atoms with Crippen molar-refractivity contribution in [1.82, 2.24) is 0 Å². The molecule has 0 bridgehead atoms. The zero-order valence-corrected chi connectivity index (χ0v) is 9.91. The van der Waals surface area contributed by atoms with E-state index in [1.807, 2.05) is 0 Å². The molecule has 2 rings (SSSR count). The van der Waals surface area contributed by atoms with Crippen molar-refractivity contribution < 1.29 is 22.8 Å². The van der Waals surface area contributed by atoms with E-state index in [1.54, 1.807) is 0 Å². The van der Waals surface area contributed by atoms with Crippen LogP contribution in [-0.4, -0.2) is 11.6 Å². The molecule has 1 aliphatic rings. The molecule has 0 N–H and O–H groups in total. The first-order valence-electron chi connectivity index (χ1n) is 5.82. The maximum atomic E-state index is 12.7. The van der Waals surface area contributed by atoms with Gasteiger partial charge < -0.3 is 0 Å². The first-order chi connectivity index (χ1) is 8.89. The molecule has 0 atom stereocenters. The Morgan fingerprint density at radius 2 is 1.74 bits per heavy atom. The van der Waals surface area contributed by atoms with Crippen molar-refractivity contribution in [2.45, 2.75) is 19.0 Å². The number of halogens is 3. The lowest BCUT2D eigenvalue weighted by Crippen LogP contribution is -2.12.